The number of rotatable bonds is 4. The van der Waals surface area contributed by atoms with Gasteiger partial charge in [-0.05, 0) is 23.8 Å². The summed E-state index contributed by atoms with van der Waals surface area (Å²) in [6.45, 7) is 0.384. The van der Waals surface area contributed by atoms with E-state index >= 15 is 0 Å². The fourth-order valence-electron chi connectivity index (χ4n) is 2.65. The van der Waals surface area contributed by atoms with Crippen molar-refractivity contribution < 1.29 is 9.53 Å². The number of fused-ring (bicyclic) bond motifs is 1. The molecule has 128 valence electrons. The van der Waals surface area contributed by atoms with Crippen molar-refractivity contribution in [2.45, 2.75) is 6.54 Å². The molecule has 2 aromatic heterocycles. The molecule has 0 fully saturated rings. The Labute approximate surface area is 144 Å². The summed E-state index contributed by atoms with van der Waals surface area (Å²) < 4.78 is 6.49. The van der Waals surface area contributed by atoms with Gasteiger partial charge in [-0.2, -0.15) is 5.10 Å². The van der Waals surface area contributed by atoms with E-state index in [1.165, 1.54) is 19.2 Å². The van der Waals surface area contributed by atoms with Gasteiger partial charge in [0, 0.05) is 38.3 Å². The molecule has 0 aliphatic rings. The maximum absolute atomic E-state index is 12.6. The van der Waals surface area contributed by atoms with Crippen LogP contribution in [0.5, 0.6) is 5.75 Å². The van der Waals surface area contributed by atoms with E-state index in [1.54, 1.807) is 25.3 Å². The number of pyridine rings is 1. The van der Waals surface area contributed by atoms with Crippen molar-refractivity contribution in [2.75, 3.05) is 14.2 Å². The maximum Gasteiger partial charge on any atom is 0.274 e. The molecule has 3 rings (SSSR count). The summed E-state index contributed by atoms with van der Waals surface area (Å²) in [6, 6.07) is 10.3. The first-order valence-electron chi connectivity index (χ1n) is 7.71. The number of aromatic nitrogens is 3. The second-order valence-corrected chi connectivity index (χ2v) is 5.67. The molecule has 0 N–H and O–H groups in total. The molecule has 1 aromatic carbocycles. The van der Waals surface area contributed by atoms with Crippen LogP contribution in [0.4, 0.5) is 0 Å². The fraction of sp³-hybridized carbons (Fsp3) is 0.222. The third kappa shape index (κ3) is 3.21. The van der Waals surface area contributed by atoms with Gasteiger partial charge in [0.25, 0.3) is 11.5 Å². The lowest BCUT2D eigenvalue weighted by atomic mass is 10.1. The van der Waals surface area contributed by atoms with Gasteiger partial charge in [0.1, 0.15) is 17.0 Å². The topological polar surface area (TPSA) is 77.3 Å². The van der Waals surface area contributed by atoms with Crippen LogP contribution < -0.4 is 10.3 Å². The van der Waals surface area contributed by atoms with E-state index in [0.29, 0.717) is 12.3 Å². The highest BCUT2D eigenvalue weighted by molar-refractivity contribution is 5.92. The zero-order valence-electron chi connectivity index (χ0n) is 14.3. The lowest BCUT2D eigenvalue weighted by molar-refractivity contribution is 0.0777. The van der Waals surface area contributed by atoms with E-state index in [1.807, 2.05) is 24.3 Å². The number of aryl methyl sites for hydroxylation is 1. The highest BCUT2D eigenvalue weighted by Gasteiger charge is 2.16. The first-order valence-corrected chi connectivity index (χ1v) is 7.71. The third-order valence-electron chi connectivity index (χ3n) is 3.98. The van der Waals surface area contributed by atoms with Crippen LogP contribution in [0.3, 0.4) is 0 Å². The summed E-state index contributed by atoms with van der Waals surface area (Å²) in [5.41, 5.74) is 1.67. The van der Waals surface area contributed by atoms with Gasteiger partial charge < -0.3 is 9.64 Å². The lowest BCUT2D eigenvalue weighted by Gasteiger charge is -2.18. The van der Waals surface area contributed by atoms with Gasteiger partial charge in [0.2, 0.25) is 0 Å². The largest absolute Gasteiger partial charge is 0.494 e. The number of hydrogen-bond acceptors (Lipinski definition) is 5. The Bertz CT molecular complexity index is 997. The molecular formula is C18H18N4O3. The van der Waals surface area contributed by atoms with Gasteiger partial charge in [-0.25, -0.2) is 4.68 Å². The Morgan fingerprint density at radius 1 is 1.24 bits per heavy atom. The van der Waals surface area contributed by atoms with E-state index in [0.717, 1.165) is 21.1 Å². The van der Waals surface area contributed by atoms with Crippen LogP contribution in [0.2, 0.25) is 0 Å². The van der Waals surface area contributed by atoms with Crippen molar-refractivity contribution in [3.05, 3.63) is 64.2 Å². The van der Waals surface area contributed by atoms with Crippen LogP contribution >= 0.6 is 0 Å². The number of carbonyl (C=O) groups is 1. The molecule has 1 amide bonds. The SMILES string of the molecule is COc1ccc(CN(C)C(=O)c2ccc(=O)n(C)n2)c2cccnc12. The predicted molar refractivity (Wildman–Crippen MR) is 93.6 cm³/mol. The molecule has 2 heterocycles. The third-order valence-corrected chi connectivity index (χ3v) is 3.98. The van der Waals surface area contributed by atoms with E-state index < -0.39 is 0 Å². The Morgan fingerprint density at radius 3 is 2.76 bits per heavy atom. The molecule has 7 heteroatoms. The first-order chi connectivity index (χ1) is 12.0. The number of hydrogen-bond donors (Lipinski definition) is 0. The molecule has 0 bridgehead atoms. The molecule has 0 radical (unpaired) electrons. The van der Waals surface area contributed by atoms with Gasteiger partial charge in [-0.15, -0.1) is 0 Å². The first kappa shape index (κ1) is 16.6. The van der Waals surface area contributed by atoms with Crippen molar-refractivity contribution in [1.29, 1.82) is 0 Å². The van der Waals surface area contributed by atoms with Crippen molar-refractivity contribution >= 4 is 16.8 Å². The van der Waals surface area contributed by atoms with E-state index in [9.17, 15) is 9.59 Å². The molecule has 0 aliphatic heterocycles. The van der Waals surface area contributed by atoms with Gasteiger partial charge in [0.15, 0.2) is 0 Å². The van der Waals surface area contributed by atoms with Crippen LogP contribution in [0, 0.1) is 0 Å². The van der Waals surface area contributed by atoms with Crippen molar-refractivity contribution in [3.63, 3.8) is 0 Å². The van der Waals surface area contributed by atoms with Crippen molar-refractivity contribution in [3.8, 4) is 5.75 Å². The summed E-state index contributed by atoms with van der Waals surface area (Å²) in [4.78, 5) is 29.9. The maximum atomic E-state index is 12.6. The minimum atomic E-state index is -0.261. The van der Waals surface area contributed by atoms with Crippen LogP contribution in [-0.2, 0) is 13.6 Å². The zero-order valence-corrected chi connectivity index (χ0v) is 14.3. The molecule has 0 atom stereocenters. The van der Waals surface area contributed by atoms with Crippen molar-refractivity contribution in [2.24, 2.45) is 7.05 Å². The van der Waals surface area contributed by atoms with Crippen LogP contribution in [0.25, 0.3) is 10.9 Å². The summed E-state index contributed by atoms with van der Waals surface area (Å²) in [5, 5.41) is 4.93. The minimum Gasteiger partial charge on any atom is -0.494 e. The minimum absolute atomic E-state index is 0.223. The number of amides is 1. The lowest BCUT2D eigenvalue weighted by Crippen LogP contribution is -2.30. The molecule has 25 heavy (non-hydrogen) atoms. The van der Waals surface area contributed by atoms with E-state index in [2.05, 4.69) is 10.1 Å². The van der Waals surface area contributed by atoms with E-state index in [-0.39, 0.29) is 17.2 Å². The van der Waals surface area contributed by atoms with E-state index in [4.69, 9.17) is 4.74 Å². The Hall–Kier alpha value is -3.22. The molecule has 3 aromatic rings. The Kier molecular flexibility index (Phi) is 4.47. The van der Waals surface area contributed by atoms with Crippen LogP contribution in [-0.4, -0.2) is 39.7 Å². The summed E-state index contributed by atoms with van der Waals surface area (Å²) in [5.74, 6) is 0.427. The molecular weight excluding hydrogens is 320 g/mol. The Morgan fingerprint density at radius 2 is 2.04 bits per heavy atom. The molecule has 0 spiro atoms. The molecule has 0 saturated heterocycles. The highest BCUT2D eigenvalue weighted by atomic mass is 16.5. The number of carbonyl (C=O) groups excluding carboxylic acids is 1. The number of methoxy groups -OCH3 is 1. The van der Waals surface area contributed by atoms with Crippen LogP contribution in [0.15, 0.2) is 47.4 Å². The fourth-order valence-corrected chi connectivity index (χ4v) is 2.65. The average Bonchev–Trinajstić information content (AvgIpc) is 2.63. The smallest absolute Gasteiger partial charge is 0.274 e. The number of nitrogens with zero attached hydrogens (tertiary/aromatic N) is 4. The molecule has 0 unspecified atom stereocenters. The highest BCUT2D eigenvalue weighted by Crippen LogP contribution is 2.27. The second-order valence-electron chi connectivity index (χ2n) is 5.67. The molecule has 0 saturated carbocycles. The quantitative estimate of drug-likeness (QED) is 0.722. The predicted octanol–water partition coefficient (Wildman–Crippen LogP) is 1.61. The van der Waals surface area contributed by atoms with Crippen molar-refractivity contribution in [1.82, 2.24) is 19.7 Å². The summed E-state index contributed by atoms with van der Waals surface area (Å²) in [6.07, 6.45) is 1.71. The summed E-state index contributed by atoms with van der Waals surface area (Å²) >= 11 is 0. The normalized spacial score (nSPS) is 10.7. The number of benzene rings is 1. The average molecular weight is 338 g/mol. The standard InChI is InChI=1S/C18H18N4O3/c1-21(18(24)14-7-9-16(23)22(2)20-14)11-12-6-8-15(25-3)17-13(12)5-4-10-19-17/h4-10H,11H2,1-3H3. The number of ether oxygens (including phenoxy) is 1. The van der Waals surface area contributed by atoms with Gasteiger partial charge in [-0.3, -0.25) is 14.6 Å². The van der Waals surface area contributed by atoms with Gasteiger partial charge in [-0.1, -0.05) is 12.1 Å². The monoisotopic (exact) mass is 338 g/mol. The Balaban J connectivity index is 1.91. The second kappa shape index (κ2) is 6.72. The van der Waals surface area contributed by atoms with Gasteiger partial charge in [0.05, 0.1) is 7.11 Å². The van der Waals surface area contributed by atoms with Crippen LogP contribution in [0.1, 0.15) is 16.1 Å². The molecule has 0 aliphatic carbocycles. The summed E-state index contributed by atoms with van der Waals surface area (Å²) in [7, 11) is 4.81. The van der Waals surface area contributed by atoms with Gasteiger partial charge >= 0.3 is 0 Å². The zero-order chi connectivity index (χ0) is 18.0. The molecule has 7 nitrogen and oxygen atoms in total.